The first-order valence-electron chi connectivity index (χ1n) is 11.3. The van der Waals surface area contributed by atoms with Crippen molar-refractivity contribution in [1.29, 1.82) is 0 Å². The second kappa shape index (κ2) is 8.37. The fourth-order valence-corrected chi connectivity index (χ4v) is 5.00. The molecule has 0 radical (unpaired) electrons. The average molecular weight is 399 g/mol. The molecule has 2 fully saturated rings. The highest BCUT2D eigenvalue weighted by molar-refractivity contribution is 5.80. The quantitative estimate of drug-likeness (QED) is 0.809. The summed E-state index contributed by atoms with van der Waals surface area (Å²) < 4.78 is 5.11. The largest absolute Gasteiger partial charge is 0.447 e. The van der Waals surface area contributed by atoms with Gasteiger partial charge in [-0.15, -0.1) is 0 Å². The van der Waals surface area contributed by atoms with Crippen LogP contribution >= 0.6 is 0 Å². The van der Waals surface area contributed by atoms with Crippen LogP contribution in [0.25, 0.3) is 0 Å². The Bertz CT molecular complexity index is 763. The molecule has 1 aromatic carbocycles. The lowest BCUT2D eigenvalue weighted by molar-refractivity contribution is -0.141. The number of aryl methyl sites for hydroxylation is 2. The molecule has 0 unspecified atom stereocenters. The highest BCUT2D eigenvalue weighted by atomic mass is 16.6. The molecule has 0 heterocycles. The molecule has 3 aliphatic rings. The maximum atomic E-state index is 12.8. The summed E-state index contributed by atoms with van der Waals surface area (Å²) in [6.45, 7) is 3.66. The van der Waals surface area contributed by atoms with Gasteiger partial charge in [0, 0.05) is 25.0 Å². The van der Waals surface area contributed by atoms with Gasteiger partial charge in [0.1, 0.15) is 0 Å². The third-order valence-corrected chi connectivity index (χ3v) is 7.00. The van der Waals surface area contributed by atoms with E-state index in [9.17, 15) is 9.59 Å². The van der Waals surface area contributed by atoms with Crippen LogP contribution in [0.15, 0.2) is 18.2 Å². The van der Waals surface area contributed by atoms with E-state index < -0.39 is 0 Å². The highest BCUT2D eigenvalue weighted by Gasteiger charge is 2.41. The summed E-state index contributed by atoms with van der Waals surface area (Å²) in [5.41, 5.74) is 4.54. The normalized spacial score (nSPS) is 28.0. The van der Waals surface area contributed by atoms with E-state index >= 15 is 0 Å². The van der Waals surface area contributed by atoms with Crippen molar-refractivity contribution in [2.45, 2.75) is 89.3 Å². The van der Waals surface area contributed by atoms with Crippen LogP contribution in [0.3, 0.4) is 0 Å². The number of nitrogens with one attached hydrogen (secondary N) is 1. The minimum absolute atomic E-state index is 0.0344. The lowest BCUT2D eigenvalue weighted by atomic mass is 9.73. The number of carbonyl (C=O) groups is 2. The first kappa shape index (κ1) is 20.2. The molecule has 5 nitrogen and oxygen atoms in total. The van der Waals surface area contributed by atoms with E-state index in [0.717, 1.165) is 25.7 Å². The molecule has 0 atom stereocenters. The zero-order valence-electron chi connectivity index (χ0n) is 17.9. The second-order valence-electron chi connectivity index (χ2n) is 9.47. The predicted octanol–water partition coefficient (Wildman–Crippen LogP) is 4.18. The number of ether oxygens (including phenoxy) is 1. The molecule has 0 bridgehead atoms. The number of rotatable bonds is 5. The van der Waals surface area contributed by atoms with Crippen molar-refractivity contribution in [3.63, 3.8) is 0 Å². The van der Waals surface area contributed by atoms with Crippen LogP contribution in [0.5, 0.6) is 0 Å². The Labute approximate surface area is 174 Å². The van der Waals surface area contributed by atoms with Crippen molar-refractivity contribution in [2.75, 3.05) is 7.05 Å². The second-order valence-corrected chi connectivity index (χ2v) is 9.47. The summed E-state index contributed by atoms with van der Waals surface area (Å²) in [5.74, 6) is 0.852. The Hall–Kier alpha value is -2.04. The summed E-state index contributed by atoms with van der Waals surface area (Å²) in [6.07, 6.45) is 8.15. The van der Waals surface area contributed by atoms with Gasteiger partial charge in [0.15, 0.2) is 0 Å². The Morgan fingerprint density at radius 1 is 1.07 bits per heavy atom. The summed E-state index contributed by atoms with van der Waals surface area (Å²) in [5, 5.41) is 2.85. The minimum atomic E-state index is -0.379. The molecule has 0 saturated heterocycles. The van der Waals surface area contributed by atoms with Gasteiger partial charge >= 0.3 is 6.09 Å². The van der Waals surface area contributed by atoms with Crippen molar-refractivity contribution < 1.29 is 14.3 Å². The predicted molar refractivity (Wildman–Crippen MR) is 113 cm³/mol. The van der Waals surface area contributed by atoms with Crippen LogP contribution in [0, 0.1) is 5.92 Å². The monoisotopic (exact) mass is 398 g/mol. The molecule has 2 amide bonds. The number of fused-ring (bicyclic) bond motifs is 1. The maximum absolute atomic E-state index is 12.8. The van der Waals surface area contributed by atoms with Crippen LogP contribution in [-0.4, -0.2) is 42.1 Å². The first-order chi connectivity index (χ1) is 13.9. The van der Waals surface area contributed by atoms with Gasteiger partial charge in [-0.3, -0.25) is 4.79 Å². The van der Waals surface area contributed by atoms with Crippen LogP contribution < -0.4 is 5.32 Å². The Morgan fingerprint density at radius 2 is 1.76 bits per heavy atom. The third-order valence-electron chi connectivity index (χ3n) is 7.00. The van der Waals surface area contributed by atoms with E-state index in [1.165, 1.54) is 36.8 Å². The molecular weight excluding hydrogens is 364 g/mol. The van der Waals surface area contributed by atoms with E-state index in [-0.39, 0.29) is 30.1 Å². The van der Waals surface area contributed by atoms with Crippen LogP contribution in [0.2, 0.25) is 0 Å². The first-order valence-corrected chi connectivity index (χ1v) is 11.3. The molecule has 1 aromatic rings. The Kier molecular flexibility index (Phi) is 5.84. The van der Waals surface area contributed by atoms with Crippen LogP contribution in [0.4, 0.5) is 4.79 Å². The molecule has 0 aliphatic heterocycles. The van der Waals surface area contributed by atoms with Gasteiger partial charge in [-0.1, -0.05) is 18.2 Å². The number of hydrogen-bond acceptors (Lipinski definition) is 3. The molecule has 4 rings (SSSR count). The molecule has 0 spiro atoms. The maximum Gasteiger partial charge on any atom is 0.407 e. The lowest BCUT2D eigenvalue weighted by Crippen LogP contribution is -2.53. The van der Waals surface area contributed by atoms with E-state index in [0.29, 0.717) is 12.0 Å². The van der Waals surface area contributed by atoms with Crippen molar-refractivity contribution in [3.8, 4) is 0 Å². The van der Waals surface area contributed by atoms with Crippen molar-refractivity contribution in [2.24, 2.45) is 5.92 Å². The molecule has 5 heteroatoms. The summed E-state index contributed by atoms with van der Waals surface area (Å²) in [7, 11) is 1.95. The molecular formula is C24H34N2O3. The number of amides is 2. The van der Waals surface area contributed by atoms with Crippen molar-refractivity contribution in [1.82, 2.24) is 10.2 Å². The summed E-state index contributed by atoms with van der Waals surface area (Å²) in [6, 6.07) is 7.48. The number of alkyl carbamates (subject to hydrolysis) is 1. The van der Waals surface area contributed by atoms with Crippen LogP contribution in [0.1, 0.15) is 75.0 Å². The number of nitrogens with zero attached hydrogens (tertiary/aromatic N) is 1. The van der Waals surface area contributed by atoms with Gasteiger partial charge in [0.05, 0.1) is 6.10 Å². The zero-order chi connectivity index (χ0) is 20.5. The Balaban J connectivity index is 1.22. The molecule has 1 N–H and O–H groups in total. The van der Waals surface area contributed by atoms with Gasteiger partial charge in [0.25, 0.3) is 0 Å². The fraction of sp³-hybridized carbons (Fsp3) is 0.667. The summed E-state index contributed by atoms with van der Waals surface area (Å²) in [4.78, 5) is 26.4. The zero-order valence-corrected chi connectivity index (χ0v) is 17.9. The third kappa shape index (κ3) is 4.44. The van der Waals surface area contributed by atoms with Gasteiger partial charge < -0.3 is 15.0 Å². The van der Waals surface area contributed by atoms with Gasteiger partial charge in [-0.25, -0.2) is 4.79 Å². The fourth-order valence-electron chi connectivity index (χ4n) is 5.00. The smallest absolute Gasteiger partial charge is 0.407 e. The summed E-state index contributed by atoms with van der Waals surface area (Å²) >= 11 is 0. The number of benzene rings is 1. The number of carbonyl (C=O) groups excluding carboxylic acids is 2. The van der Waals surface area contributed by atoms with E-state index in [4.69, 9.17) is 4.74 Å². The standard InChI is InChI=1S/C24H34N2O3/c1-15(2)29-24(28)25-21-11-20(12-21)23(27)26(3)22-13-19(14-22)18-9-8-16-6-4-5-7-17(16)10-18/h8-10,15,19-22H,4-7,11-14H2,1-3H3,(H,25,28). The topological polar surface area (TPSA) is 58.6 Å². The molecule has 3 aliphatic carbocycles. The molecule has 158 valence electrons. The van der Waals surface area contributed by atoms with Crippen molar-refractivity contribution in [3.05, 3.63) is 34.9 Å². The SMILES string of the molecule is CC(C)OC(=O)NC1CC(C(=O)N(C)C2CC(c3ccc4c(c3)CCCC4)C2)C1. The lowest BCUT2D eigenvalue weighted by Gasteiger charge is -2.45. The van der Waals surface area contributed by atoms with Gasteiger partial charge in [-0.05, 0) is 87.8 Å². The van der Waals surface area contributed by atoms with Gasteiger partial charge in [-0.2, -0.15) is 0 Å². The van der Waals surface area contributed by atoms with Crippen molar-refractivity contribution >= 4 is 12.0 Å². The molecule has 2 saturated carbocycles. The average Bonchev–Trinajstić information content (AvgIpc) is 2.61. The minimum Gasteiger partial charge on any atom is -0.447 e. The van der Waals surface area contributed by atoms with E-state index in [1.807, 2.05) is 25.8 Å². The highest BCUT2D eigenvalue weighted by Crippen LogP contribution is 2.42. The molecule has 0 aromatic heterocycles. The van der Waals surface area contributed by atoms with Gasteiger partial charge in [0.2, 0.25) is 5.91 Å². The van der Waals surface area contributed by atoms with E-state index in [1.54, 1.807) is 5.56 Å². The Morgan fingerprint density at radius 3 is 2.45 bits per heavy atom. The molecule has 29 heavy (non-hydrogen) atoms. The number of hydrogen-bond donors (Lipinski definition) is 1. The van der Waals surface area contributed by atoms with E-state index in [2.05, 4.69) is 23.5 Å². The van der Waals surface area contributed by atoms with Crippen LogP contribution in [-0.2, 0) is 22.4 Å².